The number of fused-ring (bicyclic) bond motifs is 1. The normalized spacial score (nSPS) is 21.1. The summed E-state index contributed by atoms with van der Waals surface area (Å²) in [5.41, 5.74) is 3.51. The molecule has 1 saturated heterocycles. The number of benzene rings is 1. The van der Waals surface area contributed by atoms with Crippen LogP contribution >= 0.6 is 11.6 Å². The Hall–Kier alpha value is -3.73. The Balaban J connectivity index is 1.11. The van der Waals surface area contributed by atoms with Crippen LogP contribution in [0.3, 0.4) is 0 Å². The van der Waals surface area contributed by atoms with E-state index in [0.717, 1.165) is 49.8 Å². The molecule has 226 valence electrons. The summed E-state index contributed by atoms with van der Waals surface area (Å²) in [6.07, 6.45) is 6.78. The maximum atomic E-state index is 13.8. The summed E-state index contributed by atoms with van der Waals surface area (Å²) in [7, 11) is 2.07. The highest BCUT2D eigenvalue weighted by atomic mass is 35.5. The number of likely N-dealkylation sites (N-methyl/N-ethyl adjacent to an activating group) is 1. The predicted molar refractivity (Wildman–Crippen MR) is 165 cm³/mol. The molecule has 0 radical (unpaired) electrons. The molecule has 2 fully saturated rings. The molecule has 11 heteroatoms. The van der Waals surface area contributed by atoms with Crippen LogP contribution in [0.1, 0.15) is 41.7 Å². The first kappa shape index (κ1) is 29.3. The van der Waals surface area contributed by atoms with E-state index in [9.17, 15) is 9.59 Å². The number of rotatable bonds is 8. The Morgan fingerprint density at radius 3 is 2.63 bits per heavy atom. The number of hydrogen-bond donors (Lipinski definition) is 1. The predicted octanol–water partition coefficient (Wildman–Crippen LogP) is 4.24. The number of morpholine rings is 1. The minimum atomic E-state index is -0.143. The molecule has 43 heavy (non-hydrogen) atoms. The number of carbonyl (C=O) groups excluding carboxylic acids is 1. The van der Waals surface area contributed by atoms with E-state index in [0.29, 0.717) is 53.5 Å². The van der Waals surface area contributed by atoms with Gasteiger partial charge in [-0.25, -0.2) is 9.78 Å². The number of aryl methyl sites for hydroxylation is 1. The maximum Gasteiger partial charge on any atom is 0.333 e. The summed E-state index contributed by atoms with van der Waals surface area (Å²) in [4.78, 5) is 37.6. The van der Waals surface area contributed by atoms with Gasteiger partial charge in [-0.15, -0.1) is 0 Å². The fraction of sp³-hybridized carbons (Fsp3) is 0.438. The van der Waals surface area contributed by atoms with Crippen LogP contribution in [0.25, 0.3) is 16.7 Å². The van der Waals surface area contributed by atoms with Crippen LogP contribution in [-0.2, 0) is 11.3 Å². The van der Waals surface area contributed by atoms with Gasteiger partial charge >= 0.3 is 5.69 Å². The van der Waals surface area contributed by atoms with Gasteiger partial charge < -0.3 is 19.7 Å². The summed E-state index contributed by atoms with van der Waals surface area (Å²) in [5.74, 6) is 0.688. The lowest BCUT2D eigenvalue weighted by Gasteiger charge is -2.29. The van der Waals surface area contributed by atoms with Crippen LogP contribution in [0, 0.1) is 12.8 Å². The molecule has 4 heterocycles. The van der Waals surface area contributed by atoms with E-state index in [4.69, 9.17) is 21.1 Å². The molecule has 1 aliphatic carbocycles. The molecule has 6 rings (SSSR count). The Kier molecular flexibility index (Phi) is 8.78. The molecular weight excluding hydrogens is 568 g/mol. The zero-order valence-electron chi connectivity index (χ0n) is 24.5. The zero-order chi connectivity index (χ0) is 29.9. The molecule has 1 aliphatic heterocycles. The number of nitrogens with one attached hydrogen (secondary N) is 1. The number of pyridine rings is 2. The van der Waals surface area contributed by atoms with E-state index in [-0.39, 0.29) is 23.7 Å². The smallest absolute Gasteiger partial charge is 0.333 e. The van der Waals surface area contributed by atoms with Gasteiger partial charge in [0.1, 0.15) is 12.7 Å². The van der Waals surface area contributed by atoms with Gasteiger partial charge in [0, 0.05) is 37.9 Å². The third kappa shape index (κ3) is 6.61. The number of amides is 1. The van der Waals surface area contributed by atoms with Gasteiger partial charge in [-0.3, -0.25) is 18.9 Å². The molecule has 1 N–H and O–H groups in total. The van der Waals surface area contributed by atoms with Crippen molar-refractivity contribution >= 4 is 28.5 Å². The van der Waals surface area contributed by atoms with E-state index in [1.807, 2.05) is 34.9 Å². The molecular formula is C32H37ClN6O4. The second-order valence-electron chi connectivity index (χ2n) is 11.6. The summed E-state index contributed by atoms with van der Waals surface area (Å²) in [5, 5.41) is 3.60. The second kappa shape index (κ2) is 12.9. The van der Waals surface area contributed by atoms with Crippen molar-refractivity contribution in [2.45, 2.75) is 51.3 Å². The molecule has 1 aromatic carbocycles. The van der Waals surface area contributed by atoms with E-state index >= 15 is 0 Å². The molecule has 1 atom stereocenters. The average molecular weight is 605 g/mol. The molecule has 0 spiro atoms. The van der Waals surface area contributed by atoms with Gasteiger partial charge in [-0.05, 0) is 69.8 Å². The third-order valence-electron chi connectivity index (χ3n) is 8.49. The van der Waals surface area contributed by atoms with Gasteiger partial charge in [-0.1, -0.05) is 23.7 Å². The standard InChI is InChI=1S/C32H37ClN6O4/c1-21-27(15-23(33)16-34-21)31(40)36-24-9-7-22(8-10-24)18-38-28-5-3-4-6-29(28)39(32(38)41)25-11-12-30(35-17-25)43-20-26-19-37(2)13-14-42-26/h3-6,11-12,15-17,22,24,26H,7-10,13-14,18-20H2,1-2H3,(H,36,40)/t22?,24?,26-/m0/s1. The van der Waals surface area contributed by atoms with Crippen LogP contribution in [0.2, 0.25) is 5.02 Å². The summed E-state index contributed by atoms with van der Waals surface area (Å²) < 4.78 is 15.3. The number of nitrogens with zero attached hydrogens (tertiary/aromatic N) is 5. The Morgan fingerprint density at radius 2 is 1.88 bits per heavy atom. The lowest BCUT2D eigenvalue weighted by Crippen LogP contribution is -2.42. The lowest BCUT2D eigenvalue weighted by molar-refractivity contribution is -0.0410. The highest BCUT2D eigenvalue weighted by Crippen LogP contribution is 2.28. The maximum absolute atomic E-state index is 13.8. The first-order valence-corrected chi connectivity index (χ1v) is 15.3. The Morgan fingerprint density at radius 1 is 1.09 bits per heavy atom. The van der Waals surface area contributed by atoms with Crippen molar-refractivity contribution in [2.75, 3.05) is 33.4 Å². The van der Waals surface area contributed by atoms with E-state index in [1.54, 1.807) is 36.0 Å². The van der Waals surface area contributed by atoms with Crippen molar-refractivity contribution in [3.05, 3.63) is 81.6 Å². The molecule has 4 aromatic rings. The molecule has 0 unspecified atom stereocenters. The quantitative estimate of drug-likeness (QED) is 0.321. The SMILES string of the molecule is Cc1ncc(Cl)cc1C(=O)NC1CCC(Cn2c(=O)n(-c3ccc(OC[C@@H]4CN(C)CCO4)nc3)c3ccccc32)CC1. The summed E-state index contributed by atoms with van der Waals surface area (Å²) in [6.45, 7) is 5.30. The van der Waals surface area contributed by atoms with Crippen molar-refractivity contribution in [1.29, 1.82) is 0 Å². The van der Waals surface area contributed by atoms with Crippen molar-refractivity contribution in [3.63, 3.8) is 0 Å². The van der Waals surface area contributed by atoms with E-state index in [1.165, 1.54) is 0 Å². The topological polar surface area (TPSA) is 104 Å². The molecule has 0 bridgehead atoms. The van der Waals surface area contributed by atoms with Crippen LogP contribution in [-0.4, -0.2) is 75.4 Å². The number of imidazole rings is 1. The molecule has 2 aliphatic rings. The number of hydrogen-bond acceptors (Lipinski definition) is 7. The fourth-order valence-electron chi connectivity index (χ4n) is 6.12. The van der Waals surface area contributed by atoms with Crippen molar-refractivity contribution in [2.24, 2.45) is 5.92 Å². The van der Waals surface area contributed by atoms with Crippen LogP contribution in [0.5, 0.6) is 5.88 Å². The monoisotopic (exact) mass is 604 g/mol. The lowest BCUT2D eigenvalue weighted by atomic mass is 9.85. The van der Waals surface area contributed by atoms with Crippen LogP contribution in [0.4, 0.5) is 0 Å². The van der Waals surface area contributed by atoms with Gasteiger partial charge in [0.25, 0.3) is 5.91 Å². The number of ether oxygens (including phenoxy) is 2. The zero-order valence-corrected chi connectivity index (χ0v) is 25.3. The van der Waals surface area contributed by atoms with Crippen molar-refractivity contribution in [1.82, 2.24) is 29.3 Å². The van der Waals surface area contributed by atoms with Gasteiger partial charge in [-0.2, -0.15) is 0 Å². The highest BCUT2D eigenvalue weighted by molar-refractivity contribution is 6.30. The minimum absolute atomic E-state index is 0.0108. The molecule has 3 aromatic heterocycles. The molecule has 1 amide bonds. The summed E-state index contributed by atoms with van der Waals surface area (Å²) >= 11 is 6.06. The van der Waals surface area contributed by atoms with Crippen molar-refractivity contribution < 1.29 is 14.3 Å². The molecule has 1 saturated carbocycles. The number of carbonyl (C=O) groups is 1. The van der Waals surface area contributed by atoms with Gasteiger partial charge in [0.05, 0.1) is 45.8 Å². The summed E-state index contributed by atoms with van der Waals surface area (Å²) in [6, 6.07) is 13.3. The Labute approximate surface area is 255 Å². The molecule has 10 nitrogen and oxygen atoms in total. The van der Waals surface area contributed by atoms with E-state index in [2.05, 4.69) is 27.2 Å². The van der Waals surface area contributed by atoms with Gasteiger partial charge in [0.15, 0.2) is 0 Å². The van der Waals surface area contributed by atoms with Crippen molar-refractivity contribution in [3.8, 4) is 11.6 Å². The fourth-order valence-corrected chi connectivity index (χ4v) is 6.28. The number of aromatic nitrogens is 4. The first-order valence-electron chi connectivity index (χ1n) is 14.9. The average Bonchev–Trinajstić information content (AvgIpc) is 3.29. The number of halogens is 1. The second-order valence-corrected chi connectivity index (χ2v) is 12.1. The number of para-hydroxylation sites is 2. The van der Waals surface area contributed by atoms with Gasteiger partial charge in [0.2, 0.25) is 5.88 Å². The van der Waals surface area contributed by atoms with E-state index < -0.39 is 0 Å². The highest BCUT2D eigenvalue weighted by Gasteiger charge is 2.26. The van der Waals surface area contributed by atoms with Crippen LogP contribution < -0.4 is 15.7 Å². The third-order valence-corrected chi connectivity index (χ3v) is 8.70. The largest absolute Gasteiger partial charge is 0.475 e. The van der Waals surface area contributed by atoms with Crippen LogP contribution in [0.15, 0.2) is 59.7 Å². The minimum Gasteiger partial charge on any atom is -0.475 e. The Bertz CT molecular complexity index is 1640. The first-order chi connectivity index (χ1) is 20.9.